The molecular formula is C7H9NO3S. The maximum atomic E-state index is 10.3. The Morgan fingerprint density at radius 3 is 2.83 bits per heavy atom. The van der Waals surface area contributed by atoms with Crippen molar-refractivity contribution < 1.29 is 12.9 Å². The number of nitrogen functional groups attached to an aromatic ring is 1. The van der Waals surface area contributed by atoms with Crippen molar-refractivity contribution in [2.24, 2.45) is 0 Å². The van der Waals surface area contributed by atoms with Crippen molar-refractivity contribution in [3.8, 4) is 5.75 Å². The van der Waals surface area contributed by atoms with Crippen molar-refractivity contribution in [1.29, 1.82) is 0 Å². The predicted molar refractivity (Wildman–Crippen MR) is 47.0 cm³/mol. The highest BCUT2D eigenvalue weighted by Gasteiger charge is 2.02. The summed E-state index contributed by atoms with van der Waals surface area (Å²) < 4.78 is 23.3. The van der Waals surface area contributed by atoms with Crippen LogP contribution >= 0.6 is 0 Å². The summed E-state index contributed by atoms with van der Waals surface area (Å²) in [6.45, 7) is 1.77. The van der Waals surface area contributed by atoms with Crippen LogP contribution in [0.1, 0.15) is 5.56 Å². The van der Waals surface area contributed by atoms with E-state index in [1.807, 2.05) is 0 Å². The van der Waals surface area contributed by atoms with Crippen LogP contribution in [0, 0.1) is 6.92 Å². The summed E-state index contributed by atoms with van der Waals surface area (Å²) in [6, 6.07) is 4.92. The zero-order valence-corrected chi connectivity index (χ0v) is 7.30. The van der Waals surface area contributed by atoms with E-state index in [4.69, 9.17) is 10.3 Å². The third kappa shape index (κ3) is 2.21. The Hall–Kier alpha value is -1.07. The second kappa shape index (κ2) is 3.55. The molecule has 0 aliphatic heterocycles. The molecule has 0 aliphatic carbocycles. The summed E-state index contributed by atoms with van der Waals surface area (Å²) in [7, 11) is 0. The Balaban J connectivity index is 2.97. The van der Waals surface area contributed by atoms with Crippen LogP contribution in [0.2, 0.25) is 0 Å². The van der Waals surface area contributed by atoms with Gasteiger partial charge < -0.3 is 9.92 Å². The molecule has 5 heteroatoms. The molecule has 0 heterocycles. The summed E-state index contributed by atoms with van der Waals surface area (Å²) in [5.74, 6) is 0.329. The van der Waals surface area contributed by atoms with Crippen LogP contribution in [0.5, 0.6) is 5.75 Å². The Morgan fingerprint density at radius 2 is 2.25 bits per heavy atom. The minimum absolute atomic E-state index is 0.329. The molecule has 0 aromatic heterocycles. The van der Waals surface area contributed by atoms with Gasteiger partial charge in [0.25, 0.3) is 0 Å². The molecule has 0 aliphatic rings. The van der Waals surface area contributed by atoms with Gasteiger partial charge in [0.15, 0.2) is 0 Å². The third-order valence-corrected chi connectivity index (χ3v) is 1.70. The lowest BCUT2D eigenvalue weighted by atomic mass is 10.2. The van der Waals surface area contributed by atoms with E-state index in [2.05, 4.69) is 4.18 Å². The predicted octanol–water partition coefficient (Wildman–Crippen LogP) is 1.09. The van der Waals surface area contributed by atoms with Gasteiger partial charge in [-0.3, -0.25) is 4.55 Å². The molecule has 4 nitrogen and oxygen atoms in total. The van der Waals surface area contributed by atoms with Gasteiger partial charge in [-0.15, -0.1) is 0 Å². The normalized spacial score (nSPS) is 12.5. The summed E-state index contributed by atoms with van der Waals surface area (Å²) in [5, 5.41) is 0. The van der Waals surface area contributed by atoms with Crippen LogP contribution < -0.4 is 9.92 Å². The first-order chi connectivity index (χ1) is 5.59. The molecule has 66 valence electrons. The van der Waals surface area contributed by atoms with Crippen LogP contribution in [-0.2, 0) is 11.4 Å². The molecule has 0 bridgehead atoms. The van der Waals surface area contributed by atoms with Crippen molar-refractivity contribution in [2.75, 3.05) is 5.73 Å². The quantitative estimate of drug-likeness (QED) is 0.537. The second-order valence-corrected chi connectivity index (χ2v) is 2.93. The summed E-state index contributed by atoms with van der Waals surface area (Å²) >= 11 is -2.29. The fraction of sp³-hybridized carbons (Fsp3) is 0.143. The maximum Gasteiger partial charge on any atom is 0.357 e. The van der Waals surface area contributed by atoms with Crippen LogP contribution in [-0.4, -0.2) is 8.76 Å². The second-order valence-electron chi connectivity index (χ2n) is 2.33. The molecule has 12 heavy (non-hydrogen) atoms. The summed E-state index contributed by atoms with van der Waals surface area (Å²) in [5.41, 5.74) is 6.71. The van der Waals surface area contributed by atoms with Gasteiger partial charge in [0.2, 0.25) is 0 Å². The molecule has 1 unspecified atom stereocenters. The van der Waals surface area contributed by atoms with Crippen molar-refractivity contribution in [3.05, 3.63) is 23.8 Å². The Bertz CT molecular complexity index is 314. The van der Waals surface area contributed by atoms with Gasteiger partial charge in [0, 0.05) is 11.8 Å². The van der Waals surface area contributed by atoms with Crippen LogP contribution in [0.4, 0.5) is 5.69 Å². The molecule has 1 aromatic rings. The maximum absolute atomic E-state index is 10.3. The van der Waals surface area contributed by atoms with Crippen LogP contribution in [0.15, 0.2) is 18.2 Å². The minimum Gasteiger partial charge on any atom is -0.399 e. The fourth-order valence-electron chi connectivity index (χ4n) is 0.783. The number of anilines is 1. The van der Waals surface area contributed by atoms with E-state index < -0.39 is 11.4 Å². The largest absolute Gasteiger partial charge is 0.399 e. The number of benzene rings is 1. The number of hydrogen-bond acceptors (Lipinski definition) is 3. The number of nitrogens with two attached hydrogens (primary N) is 1. The average molecular weight is 187 g/mol. The molecule has 1 rings (SSSR count). The summed E-state index contributed by atoms with van der Waals surface area (Å²) in [6.07, 6.45) is 0. The zero-order chi connectivity index (χ0) is 9.14. The fourth-order valence-corrected chi connectivity index (χ4v) is 1.12. The van der Waals surface area contributed by atoms with Gasteiger partial charge >= 0.3 is 11.4 Å². The smallest absolute Gasteiger partial charge is 0.357 e. The Kier molecular flexibility index (Phi) is 2.67. The number of hydrogen-bond donors (Lipinski definition) is 2. The van der Waals surface area contributed by atoms with Crippen LogP contribution in [0.25, 0.3) is 0 Å². The van der Waals surface area contributed by atoms with E-state index in [1.54, 1.807) is 19.1 Å². The Morgan fingerprint density at radius 1 is 1.58 bits per heavy atom. The van der Waals surface area contributed by atoms with Gasteiger partial charge in [-0.25, -0.2) is 0 Å². The van der Waals surface area contributed by atoms with Crippen molar-refractivity contribution in [2.45, 2.75) is 6.92 Å². The van der Waals surface area contributed by atoms with Crippen LogP contribution in [0.3, 0.4) is 0 Å². The van der Waals surface area contributed by atoms with E-state index in [1.165, 1.54) is 6.07 Å². The summed E-state index contributed by atoms with van der Waals surface area (Å²) in [4.78, 5) is 0. The van der Waals surface area contributed by atoms with E-state index >= 15 is 0 Å². The standard InChI is InChI=1S/C7H9NO3S/c1-5-2-3-6(8)4-7(5)11-12(9)10/h2-4H,8H2,1H3,(H,9,10). The molecule has 0 fully saturated rings. The highest BCUT2D eigenvalue weighted by Crippen LogP contribution is 2.20. The molecular weight excluding hydrogens is 178 g/mol. The van der Waals surface area contributed by atoms with Gasteiger partial charge in [0.05, 0.1) is 0 Å². The van der Waals surface area contributed by atoms with Crippen molar-refractivity contribution >= 4 is 17.0 Å². The first-order valence-electron chi connectivity index (χ1n) is 3.25. The van der Waals surface area contributed by atoms with Gasteiger partial charge in [-0.2, -0.15) is 4.21 Å². The molecule has 1 atom stereocenters. The average Bonchev–Trinajstić information content (AvgIpc) is 1.96. The zero-order valence-electron chi connectivity index (χ0n) is 6.48. The lowest BCUT2D eigenvalue weighted by molar-refractivity contribution is 0.456. The van der Waals surface area contributed by atoms with Crippen molar-refractivity contribution in [1.82, 2.24) is 0 Å². The Labute approximate surface area is 72.8 Å². The number of aryl methyl sites for hydroxylation is 1. The first-order valence-corrected chi connectivity index (χ1v) is 4.28. The molecule has 0 saturated heterocycles. The molecule has 0 radical (unpaired) electrons. The first kappa shape index (κ1) is 9.02. The van der Waals surface area contributed by atoms with Crippen molar-refractivity contribution in [3.63, 3.8) is 0 Å². The van der Waals surface area contributed by atoms with E-state index in [0.717, 1.165) is 5.56 Å². The third-order valence-electron chi connectivity index (χ3n) is 1.37. The lowest BCUT2D eigenvalue weighted by Gasteiger charge is -2.04. The van der Waals surface area contributed by atoms with Gasteiger partial charge in [-0.1, -0.05) is 6.07 Å². The van der Waals surface area contributed by atoms with E-state index in [0.29, 0.717) is 11.4 Å². The molecule has 0 saturated carbocycles. The highest BCUT2D eigenvalue weighted by atomic mass is 32.2. The van der Waals surface area contributed by atoms with E-state index in [-0.39, 0.29) is 0 Å². The highest BCUT2D eigenvalue weighted by molar-refractivity contribution is 7.74. The molecule has 3 N–H and O–H groups in total. The topological polar surface area (TPSA) is 72.5 Å². The van der Waals surface area contributed by atoms with E-state index in [9.17, 15) is 4.21 Å². The lowest BCUT2D eigenvalue weighted by Crippen LogP contribution is -1.99. The SMILES string of the molecule is Cc1ccc(N)cc1OS(=O)O. The monoisotopic (exact) mass is 187 g/mol. The minimum atomic E-state index is -2.29. The van der Waals surface area contributed by atoms with Gasteiger partial charge in [0.1, 0.15) is 5.75 Å². The van der Waals surface area contributed by atoms with Gasteiger partial charge in [-0.05, 0) is 18.6 Å². The number of rotatable bonds is 2. The molecule has 0 amide bonds. The molecule has 0 spiro atoms. The molecule has 1 aromatic carbocycles.